The smallest absolute Gasteiger partial charge is 0.394 e. The van der Waals surface area contributed by atoms with Gasteiger partial charge in [-0.05, 0) is 18.1 Å². The highest BCUT2D eigenvalue weighted by Gasteiger charge is 2.60. The molecule has 3 rings (SSSR count). The number of halogens is 5. The molecule has 2 N–H and O–H groups in total. The topological polar surface area (TPSA) is 60.9 Å². The van der Waals surface area contributed by atoms with Crippen molar-refractivity contribution in [3.63, 3.8) is 0 Å². The minimum atomic E-state index is -5.88. The summed E-state index contributed by atoms with van der Waals surface area (Å²) in [5.74, 6) is -5.26. The number of anilines is 1. The molecule has 0 unspecified atom stereocenters. The van der Waals surface area contributed by atoms with Gasteiger partial charge in [-0.15, -0.1) is 11.3 Å². The van der Waals surface area contributed by atoms with Crippen molar-refractivity contribution in [2.24, 2.45) is 0 Å². The molecule has 10 heteroatoms. The Kier molecular flexibility index (Phi) is 5.24. The van der Waals surface area contributed by atoms with Gasteiger partial charge >= 0.3 is 12.1 Å². The second-order valence-corrected chi connectivity index (χ2v) is 6.85. The zero-order chi connectivity index (χ0) is 20.5. The fraction of sp³-hybridized carbons (Fsp3) is 0.222. The molecular formula is C18H14F5N3OS. The third-order valence-corrected chi connectivity index (χ3v) is 4.95. The highest BCUT2D eigenvalue weighted by atomic mass is 32.1. The fourth-order valence-corrected chi connectivity index (χ4v) is 3.37. The number of hydrogen-bond donors (Lipinski definition) is 1. The number of nitrogen functional groups attached to an aromatic ring is 1. The van der Waals surface area contributed by atoms with Crippen molar-refractivity contribution in [3.05, 3.63) is 69.5 Å². The van der Waals surface area contributed by atoms with Crippen molar-refractivity contribution in [1.82, 2.24) is 9.55 Å². The summed E-state index contributed by atoms with van der Waals surface area (Å²) in [6.07, 6.45) is -4.17. The SMILES string of the molecule is Nc1c(C(F)(F)C(F)(F)F)cc(-c2nccs2)n(CCc2ccccc2)c1=O. The van der Waals surface area contributed by atoms with E-state index >= 15 is 0 Å². The molecule has 148 valence electrons. The van der Waals surface area contributed by atoms with Gasteiger partial charge in [0.1, 0.15) is 10.7 Å². The molecule has 3 aromatic rings. The average molecular weight is 415 g/mol. The van der Waals surface area contributed by atoms with Crippen LogP contribution in [0.3, 0.4) is 0 Å². The summed E-state index contributed by atoms with van der Waals surface area (Å²) in [5, 5.41) is 1.67. The van der Waals surface area contributed by atoms with Crippen LogP contribution in [0.2, 0.25) is 0 Å². The van der Waals surface area contributed by atoms with Crippen LogP contribution in [-0.2, 0) is 18.9 Å². The number of aryl methyl sites for hydroxylation is 1. The van der Waals surface area contributed by atoms with Crippen LogP contribution in [0, 0.1) is 0 Å². The third-order valence-electron chi connectivity index (χ3n) is 4.15. The van der Waals surface area contributed by atoms with E-state index in [9.17, 15) is 26.7 Å². The van der Waals surface area contributed by atoms with E-state index in [2.05, 4.69) is 4.98 Å². The molecule has 1 aromatic carbocycles. The van der Waals surface area contributed by atoms with Gasteiger partial charge in [0.05, 0.1) is 11.3 Å². The summed E-state index contributed by atoms with van der Waals surface area (Å²) in [7, 11) is 0. The van der Waals surface area contributed by atoms with Crippen LogP contribution in [0.15, 0.2) is 52.8 Å². The lowest BCUT2D eigenvalue weighted by molar-refractivity contribution is -0.289. The van der Waals surface area contributed by atoms with Crippen molar-refractivity contribution in [3.8, 4) is 10.7 Å². The first-order valence-electron chi connectivity index (χ1n) is 8.05. The molecule has 0 aliphatic carbocycles. The van der Waals surface area contributed by atoms with E-state index in [0.717, 1.165) is 21.5 Å². The van der Waals surface area contributed by atoms with Crippen LogP contribution in [-0.4, -0.2) is 15.7 Å². The molecule has 2 heterocycles. The molecule has 0 saturated carbocycles. The van der Waals surface area contributed by atoms with Crippen LogP contribution < -0.4 is 11.3 Å². The van der Waals surface area contributed by atoms with E-state index in [0.29, 0.717) is 12.5 Å². The number of aromatic nitrogens is 2. The molecule has 0 aliphatic heterocycles. The lowest BCUT2D eigenvalue weighted by Gasteiger charge is -2.23. The van der Waals surface area contributed by atoms with E-state index in [1.54, 1.807) is 12.1 Å². The first kappa shape index (κ1) is 20.0. The molecule has 2 aromatic heterocycles. The monoisotopic (exact) mass is 415 g/mol. The van der Waals surface area contributed by atoms with Gasteiger partial charge in [-0.2, -0.15) is 22.0 Å². The Morgan fingerprint density at radius 3 is 2.36 bits per heavy atom. The van der Waals surface area contributed by atoms with Gasteiger partial charge in [0.25, 0.3) is 5.56 Å². The van der Waals surface area contributed by atoms with E-state index in [4.69, 9.17) is 5.73 Å². The highest BCUT2D eigenvalue weighted by Crippen LogP contribution is 2.46. The van der Waals surface area contributed by atoms with E-state index in [1.807, 2.05) is 18.2 Å². The number of rotatable bonds is 5. The predicted molar refractivity (Wildman–Crippen MR) is 96.3 cm³/mol. The highest BCUT2D eigenvalue weighted by molar-refractivity contribution is 7.13. The van der Waals surface area contributed by atoms with Gasteiger partial charge < -0.3 is 10.3 Å². The number of benzene rings is 1. The fourth-order valence-electron chi connectivity index (χ4n) is 2.71. The summed E-state index contributed by atoms with van der Waals surface area (Å²) in [5.41, 5.74) is 2.35. The van der Waals surface area contributed by atoms with Gasteiger partial charge in [-0.25, -0.2) is 4.98 Å². The minimum Gasteiger partial charge on any atom is -0.394 e. The summed E-state index contributed by atoms with van der Waals surface area (Å²) < 4.78 is 67.5. The summed E-state index contributed by atoms with van der Waals surface area (Å²) in [4.78, 5) is 16.6. The number of nitrogens with two attached hydrogens (primary N) is 1. The van der Waals surface area contributed by atoms with Crippen molar-refractivity contribution in [1.29, 1.82) is 0 Å². The van der Waals surface area contributed by atoms with Crippen LogP contribution in [0.5, 0.6) is 0 Å². The molecule has 0 amide bonds. The lowest BCUT2D eigenvalue weighted by atomic mass is 10.1. The zero-order valence-electron chi connectivity index (χ0n) is 14.2. The molecule has 0 aliphatic rings. The Morgan fingerprint density at radius 2 is 1.79 bits per heavy atom. The van der Waals surface area contributed by atoms with Crippen molar-refractivity contribution >= 4 is 17.0 Å². The van der Waals surface area contributed by atoms with E-state index < -0.39 is 28.9 Å². The van der Waals surface area contributed by atoms with Crippen molar-refractivity contribution < 1.29 is 22.0 Å². The Bertz CT molecular complexity index is 1010. The van der Waals surface area contributed by atoms with Crippen molar-refractivity contribution in [2.45, 2.75) is 25.1 Å². The first-order chi connectivity index (χ1) is 13.1. The van der Waals surface area contributed by atoms with E-state index in [1.165, 1.54) is 11.6 Å². The maximum atomic E-state index is 13.9. The zero-order valence-corrected chi connectivity index (χ0v) is 15.0. The summed E-state index contributed by atoms with van der Waals surface area (Å²) >= 11 is 1.02. The Morgan fingerprint density at radius 1 is 1.11 bits per heavy atom. The van der Waals surface area contributed by atoms with Gasteiger partial charge in [0.15, 0.2) is 0 Å². The van der Waals surface area contributed by atoms with Gasteiger partial charge in [-0.3, -0.25) is 4.79 Å². The molecule has 0 radical (unpaired) electrons. The molecular weight excluding hydrogens is 401 g/mol. The van der Waals surface area contributed by atoms with Crippen LogP contribution in [0.1, 0.15) is 11.1 Å². The molecule has 4 nitrogen and oxygen atoms in total. The molecule has 0 saturated heterocycles. The third kappa shape index (κ3) is 3.64. The van der Waals surface area contributed by atoms with Crippen LogP contribution >= 0.6 is 11.3 Å². The van der Waals surface area contributed by atoms with Gasteiger partial charge in [-0.1, -0.05) is 30.3 Å². The average Bonchev–Trinajstić information content (AvgIpc) is 3.17. The largest absolute Gasteiger partial charge is 0.458 e. The molecule has 0 atom stereocenters. The van der Waals surface area contributed by atoms with Crippen molar-refractivity contribution in [2.75, 3.05) is 5.73 Å². The summed E-state index contributed by atoms with van der Waals surface area (Å²) in [6.45, 7) is 0.0415. The Balaban J connectivity index is 2.14. The van der Waals surface area contributed by atoms with Crippen LogP contribution in [0.25, 0.3) is 10.7 Å². The molecule has 0 bridgehead atoms. The number of nitrogens with zero attached hydrogens (tertiary/aromatic N) is 2. The minimum absolute atomic E-state index is 0.0415. The second kappa shape index (κ2) is 7.34. The predicted octanol–water partition coefficient (Wildman–Crippen LogP) is 4.45. The standard InChI is InChI=1S/C18H14F5N3OS/c19-17(20,18(21,22)23)12-10-13(15-25-7-9-28-15)26(16(27)14(12)24)8-6-11-4-2-1-3-5-11/h1-5,7,9-10H,6,8,24H2. The van der Waals surface area contributed by atoms with E-state index in [-0.39, 0.29) is 17.2 Å². The quantitative estimate of drug-likeness (QED) is 0.627. The van der Waals surface area contributed by atoms with Gasteiger partial charge in [0.2, 0.25) is 0 Å². The van der Waals surface area contributed by atoms with Crippen LogP contribution in [0.4, 0.5) is 27.6 Å². The normalized spacial score (nSPS) is 12.3. The first-order valence-corrected chi connectivity index (χ1v) is 8.93. The molecule has 0 fully saturated rings. The maximum absolute atomic E-state index is 13.9. The Hall–Kier alpha value is -2.75. The number of thiazole rings is 1. The maximum Gasteiger partial charge on any atom is 0.458 e. The number of alkyl halides is 5. The van der Waals surface area contributed by atoms with Gasteiger partial charge in [0, 0.05) is 18.1 Å². The number of pyridine rings is 1. The molecule has 0 spiro atoms. The molecule has 28 heavy (non-hydrogen) atoms. The summed E-state index contributed by atoms with van der Waals surface area (Å²) in [6, 6.07) is 9.62. The lowest BCUT2D eigenvalue weighted by Crippen LogP contribution is -2.37. The Labute approximate surface area is 160 Å². The second-order valence-electron chi connectivity index (χ2n) is 5.96. The number of hydrogen-bond acceptors (Lipinski definition) is 4.